The number of aromatic nitrogens is 2. The van der Waals surface area contributed by atoms with Gasteiger partial charge < -0.3 is 14.6 Å². The second-order valence-electron chi connectivity index (χ2n) is 4.70. The van der Waals surface area contributed by atoms with Crippen molar-refractivity contribution in [3.63, 3.8) is 0 Å². The summed E-state index contributed by atoms with van der Waals surface area (Å²) in [6.45, 7) is 4.42. The lowest BCUT2D eigenvalue weighted by atomic mass is 10.1. The summed E-state index contributed by atoms with van der Waals surface area (Å²) in [5, 5.41) is 7.36. The molecule has 2 unspecified atom stereocenters. The summed E-state index contributed by atoms with van der Waals surface area (Å²) in [4.78, 5) is 4.47. The molecule has 1 aliphatic carbocycles. The molecule has 0 aromatic carbocycles. The number of nitrogens with one attached hydrogen (secondary N) is 1. The van der Waals surface area contributed by atoms with Gasteiger partial charge in [0.2, 0.25) is 5.89 Å². The van der Waals surface area contributed by atoms with Gasteiger partial charge in [-0.05, 0) is 18.8 Å². The van der Waals surface area contributed by atoms with Crippen molar-refractivity contribution in [1.82, 2.24) is 15.5 Å². The highest BCUT2D eigenvalue weighted by molar-refractivity contribution is 5.02. The fourth-order valence-corrected chi connectivity index (χ4v) is 2.10. The fourth-order valence-electron chi connectivity index (χ4n) is 2.10. The van der Waals surface area contributed by atoms with Crippen LogP contribution in [0.3, 0.4) is 0 Å². The molecule has 0 spiro atoms. The molecule has 1 saturated heterocycles. The standard InChI is InChI=1S/C11H17N3O2/c1-7(8-2-3-8)11-13-10(14-16-11)9-6-15-5-4-12-9/h7-9,12H,2-6H2,1H3. The van der Waals surface area contributed by atoms with Crippen LogP contribution >= 0.6 is 0 Å². The highest BCUT2D eigenvalue weighted by Gasteiger charge is 2.33. The highest BCUT2D eigenvalue weighted by atomic mass is 16.5. The lowest BCUT2D eigenvalue weighted by Crippen LogP contribution is -2.35. The van der Waals surface area contributed by atoms with Gasteiger partial charge in [0.05, 0.1) is 19.3 Å². The minimum absolute atomic E-state index is 0.0950. The second-order valence-corrected chi connectivity index (χ2v) is 4.70. The van der Waals surface area contributed by atoms with Crippen LogP contribution in [0.1, 0.15) is 43.4 Å². The zero-order valence-electron chi connectivity index (χ0n) is 9.48. The Morgan fingerprint density at radius 3 is 3.00 bits per heavy atom. The third kappa shape index (κ3) is 1.97. The third-order valence-electron chi connectivity index (χ3n) is 3.41. The first-order valence-electron chi connectivity index (χ1n) is 5.99. The maximum atomic E-state index is 5.38. The Balaban J connectivity index is 1.70. The van der Waals surface area contributed by atoms with E-state index in [4.69, 9.17) is 9.26 Å². The van der Waals surface area contributed by atoms with Crippen LogP contribution in [-0.4, -0.2) is 29.9 Å². The van der Waals surface area contributed by atoms with Crippen molar-refractivity contribution in [2.75, 3.05) is 19.8 Å². The molecule has 1 saturated carbocycles. The number of nitrogens with zero attached hydrogens (tertiary/aromatic N) is 2. The number of ether oxygens (including phenoxy) is 1. The van der Waals surface area contributed by atoms with Crippen molar-refractivity contribution in [2.45, 2.75) is 31.7 Å². The number of hydrogen-bond acceptors (Lipinski definition) is 5. The first-order chi connectivity index (χ1) is 7.84. The molecule has 5 heteroatoms. The van der Waals surface area contributed by atoms with Gasteiger partial charge in [-0.3, -0.25) is 0 Å². The molecule has 2 fully saturated rings. The average molecular weight is 223 g/mol. The Morgan fingerprint density at radius 2 is 2.31 bits per heavy atom. The smallest absolute Gasteiger partial charge is 0.229 e. The SMILES string of the molecule is CC(c1nc(C2COCCN2)no1)C1CC1. The molecule has 88 valence electrons. The molecule has 1 N–H and O–H groups in total. The Kier molecular flexibility index (Phi) is 2.65. The van der Waals surface area contributed by atoms with Crippen LogP contribution in [0.2, 0.25) is 0 Å². The first-order valence-corrected chi connectivity index (χ1v) is 5.99. The van der Waals surface area contributed by atoms with E-state index in [9.17, 15) is 0 Å². The molecule has 16 heavy (non-hydrogen) atoms. The maximum Gasteiger partial charge on any atom is 0.229 e. The molecule has 2 aliphatic rings. The zero-order valence-corrected chi connectivity index (χ0v) is 9.48. The van der Waals surface area contributed by atoms with Crippen molar-refractivity contribution < 1.29 is 9.26 Å². The van der Waals surface area contributed by atoms with E-state index in [1.54, 1.807) is 0 Å². The van der Waals surface area contributed by atoms with Gasteiger partial charge in [0.1, 0.15) is 0 Å². The van der Waals surface area contributed by atoms with E-state index in [0.717, 1.165) is 30.8 Å². The largest absolute Gasteiger partial charge is 0.378 e. The zero-order chi connectivity index (χ0) is 11.0. The summed E-state index contributed by atoms with van der Waals surface area (Å²) in [6.07, 6.45) is 2.59. The number of hydrogen-bond donors (Lipinski definition) is 1. The molecule has 0 amide bonds. The first kappa shape index (κ1) is 10.2. The van der Waals surface area contributed by atoms with E-state index < -0.39 is 0 Å². The summed E-state index contributed by atoms with van der Waals surface area (Å²) in [6, 6.07) is 0.0950. The Bertz CT molecular complexity index is 356. The summed E-state index contributed by atoms with van der Waals surface area (Å²) in [5.41, 5.74) is 0. The van der Waals surface area contributed by atoms with Gasteiger partial charge >= 0.3 is 0 Å². The highest BCUT2D eigenvalue weighted by Crippen LogP contribution is 2.41. The minimum Gasteiger partial charge on any atom is -0.378 e. The van der Waals surface area contributed by atoms with Crippen LogP contribution in [0.15, 0.2) is 4.52 Å². The maximum absolute atomic E-state index is 5.38. The van der Waals surface area contributed by atoms with E-state index in [2.05, 4.69) is 22.4 Å². The predicted molar refractivity (Wildman–Crippen MR) is 57.0 cm³/mol. The molecule has 3 rings (SSSR count). The van der Waals surface area contributed by atoms with Crippen LogP contribution in [0.5, 0.6) is 0 Å². The molecule has 1 aromatic heterocycles. The van der Waals surface area contributed by atoms with Crippen LogP contribution in [0.4, 0.5) is 0 Å². The average Bonchev–Trinajstić information content (AvgIpc) is 3.07. The predicted octanol–water partition coefficient (Wildman–Crippen LogP) is 1.24. The van der Waals surface area contributed by atoms with Gasteiger partial charge in [0.15, 0.2) is 5.82 Å². The fraction of sp³-hybridized carbons (Fsp3) is 0.818. The van der Waals surface area contributed by atoms with Crippen LogP contribution < -0.4 is 5.32 Å². The van der Waals surface area contributed by atoms with Gasteiger partial charge in [-0.15, -0.1) is 0 Å². The molecule has 5 nitrogen and oxygen atoms in total. The lowest BCUT2D eigenvalue weighted by Gasteiger charge is -2.20. The van der Waals surface area contributed by atoms with Crippen molar-refractivity contribution >= 4 is 0 Å². The summed E-state index contributed by atoms with van der Waals surface area (Å²) in [5.74, 6) is 2.68. The normalized spacial score (nSPS) is 27.9. The minimum atomic E-state index is 0.0950. The number of morpholine rings is 1. The van der Waals surface area contributed by atoms with Crippen LogP contribution in [0.25, 0.3) is 0 Å². The molecular weight excluding hydrogens is 206 g/mol. The van der Waals surface area contributed by atoms with E-state index in [1.165, 1.54) is 12.8 Å². The van der Waals surface area contributed by atoms with Gasteiger partial charge in [-0.2, -0.15) is 4.98 Å². The van der Waals surface area contributed by atoms with Crippen LogP contribution in [-0.2, 0) is 4.74 Å². The molecule has 1 aliphatic heterocycles. The molecule has 0 bridgehead atoms. The summed E-state index contributed by atoms with van der Waals surface area (Å²) < 4.78 is 10.7. The topological polar surface area (TPSA) is 60.2 Å². The molecule has 2 atom stereocenters. The van der Waals surface area contributed by atoms with Gasteiger partial charge in [0.25, 0.3) is 0 Å². The number of rotatable bonds is 3. The Morgan fingerprint density at radius 1 is 1.44 bits per heavy atom. The van der Waals surface area contributed by atoms with E-state index in [0.29, 0.717) is 12.5 Å². The Hall–Kier alpha value is -0.940. The van der Waals surface area contributed by atoms with E-state index in [1.807, 2.05) is 0 Å². The monoisotopic (exact) mass is 223 g/mol. The van der Waals surface area contributed by atoms with Gasteiger partial charge in [-0.25, -0.2) is 0 Å². The van der Waals surface area contributed by atoms with Crippen LogP contribution in [0, 0.1) is 5.92 Å². The van der Waals surface area contributed by atoms with Gasteiger partial charge in [-0.1, -0.05) is 12.1 Å². The van der Waals surface area contributed by atoms with Crippen molar-refractivity contribution in [3.05, 3.63) is 11.7 Å². The summed E-state index contributed by atoms with van der Waals surface area (Å²) in [7, 11) is 0. The van der Waals surface area contributed by atoms with Crippen molar-refractivity contribution in [3.8, 4) is 0 Å². The lowest BCUT2D eigenvalue weighted by molar-refractivity contribution is 0.0734. The Labute approximate surface area is 94.6 Å². The molecule has 0 radical (unpaired) electrons. The quantitative estimate of drug-likeness (QED) is 0.835. The molecule has 1 aromatic rings. The molecular formula is C11H17N3O2. The molecule has 2 heterocycles. The summed E-state index contributed by atoms with van der Waals surface area (Å²) >= 11 is 0. The van der Waals surface area contributed by atoms with Gasteiger partial charge in [0, 0.05) is 12.5 Å². The van der Waals surface area contributed by atoms with E-state index in [-0.39, 0.29) is 6.04 Å². The third-order valence-corrected chi connectivity index (χ3v) is 3.41. The van der Waals surface area contributed by atoms with E-state index >= 15 is 0 Å². The second kappa shape index (κ2) is 4.14. The van der Waals surface area contributed by atoms with Crippen molar-refractivity contribution in [1.29, 1.82) is 0 Å². The van der Waals surface area contributed by atoms with Crippen molar-refractivity contribution in [2.24, 2.45) is 5.92 Å².